The summed E-state index contributed by atoms with van der Waals surface area (Å²) in [6.45, 7) is 3.80. The van der Waals surface area contributed by atoms with Gasteiger partial charge in [0.25, 0.3) is 0 Å². The highest BCUT2D eigenvalue weighted by molar-refractivity contribution is 5.82. The van der Waals surface area contributed by atoms with Crippen LogP contribution in [0.5, 0.6) is 0 Å². The van der Waals surface area contributed by atoms with Crippen molar-refractivity contribution in [1.82, 2.24) is 4.90 Å². The van der Waals surface area contributed by atoms with E-state index in [0.29, 0.717) is 12.3 Å². The quantitative estimate of drug-likeness (QED) is 0.848. The van der Waals surface area contributed by atoms with E-state index in [0.717, 1.165) is 5.76 Å². The smallest absolute Gasteiger partial charge is 0.304 e. The molecule has 1 aromatic heterocycles. The molecule has 0 aliphatic carbocycles. The lowest BCUT2D eigenvalue weighted by Gasteiger charge is -2.19. The third-order valence-electron chi connectivity index (χ3n) is 2.47. The van der Waals surface area contributed by atoms with Crippen LogP contribution in [0.1, 0.15) is 24.9 Å². The standard InChI is InChI=1S/C12H17NO4/c1-8(6-11(14)15)12(16)13(3)7-10-5-4-9(2)17-10/h4-5,8H,6-7H2,1-3H3,(H,14,15). The van der Waals surface area contributed by atoms with Gasteiger partial charge in [0.05, 0.1) is 13.0 Å². The number of carbonyl (C=O) groups is 2. The van der Waals surface area contributed by atoms with Gasteiger partial charge in [-0.1, -0.05) is 6.92 Å². The first kappa shape index (κ1) is 13.3. The lowest BCUT2D eigenvalue weighted by Crippen LogP contribution is -2.32. The second-order valence-corrected chi connectivity index (χ2v) is 4.21. The minimum absolute atomic E-state index is 0.152. The van der Waals surface area contributed by atoms with E-state index in [1.807, 2.05) is 13.0 Å². The molecule has 0 aliphatic rings. The first-order valence-electron chi connectivity index (χ1n) is 5.42. The Morgan fingerprint density at radius 2 is 2.12 bits per heavy atom. The summed E-state index contributed by atoms with van der Waals surface area (Å²) < 4.78 is 5.35. The molecule has 1 N–H and O–H groups in total. The fourth-order valence-corrected chi connectivity index (χ4v) is 1.61. The zero-order chi connectivity index (χ0) is 13.0. The normalized spacial score (nSPS) is 12.2. The monoisotopic (exact) mass is 239 g/mol. The van der Waals surface area contributed by atoms with Crippen LogP contribution in [0, 0.1) is 12.8 Å². The highest BCUT2D eigenvalue weighted by atomic mass is 16.4. The number of aryl methyl sites for hydroxylation is 1. The number of rotatable bonds is 5. The van der Waals surface area contributed by atoms with Gasteiger partial charge in [-0.15, -0.1) is 0 Å². The lowest BCUT2D eigenvalue weighted by molar-refractivity contribution is -0.143. The number of carboxylic acid groups (broad SMARTS) is 1. The third kappa shape index (κ3) is 3.94. The van der Waals surface area contributed by atoms with Gasteiger partial charge in [0.15, 0.2) is 0 Å². The molecule has 94 valence electrons. The molecule has 1 rings (SSSR count). The van der Waals surface area contributed by atoms with Crippen molar-refractivity contribution in [1.29, 1.82) is 0 Å². The van der Waals surface area contributed by atoms with Crippen LogP contribution in [0.15, 0.2) is 16.5 Å². The summed E-state index contributed by atoms with van der Waals surface area (Å²) in [4.78, 5) is 23.8. The van der Waals surface area contributed by atoms with Crippen LogP contribution in [0.4, 0.5) is 0 Å². The van der Waals surface area contributed by atoms with Crippen molar-refractivity contribution >= 4 is 11.9 Å². The molecule has 0 aliphatic heterocycles. The number of nitrogens with zero attached hydrogens (tertiary/aromatic N) is 1. The number of amides is 1. The summed E-state index contributed by atoms with van der Waals surface area (Å²) in [6, 6.07) is 3.63. The van der Waals surface area contributed by atoms with E-state index < -0.39 is 11.9 Å². The Balaban J connectivity index is 2.55. The van der Waals surface area contributed by atoms with Crippen molar-refractivity contribution in [3.8, 4) is 0 Å². The fourth-order valence-electron chi connectivity index (χ4n) is 1.61. The van der Waals surface area contributed by atoms with Gasteiger partial charge in [0.1, 0.15) is 11.5 Å². The second-order valence-electron chi connectivity index (χ2n) is 4.21. The van der Waals surface area contributed by atoms with Crippen LogP contribution in [0.3, 0.4) is 0 Å². The minimum Gasteiger partial charge on any atom is -0.481 e. The molecule has 0 bridgehead atoms. The van der Waals surface area contributed by atoms with Crippen molar-refractivity contribution in [2.24, 2.45) is 5.92 Å². The number of aliphatic carboxylic acids is 1. The predicted molar refractivity (Wildman–Crippen MR) is 61.3 cm³/mol. The van der Waals surface area contributed by atoms with Crippen molar-refractivity contribution in [3.63, 3.8) is 0 Å². The van der Waals surface area contributed by atoms with Gasteiger partial charge in [-0.2, -0.15) is 0 Å². The number of carbonyl (C=O) groups excluding carboxylic acids is 1. The van der Waals surface area contributed by atoms with E-state index in [1.54, 1.807) is 20.0 Å². The lowest BCUT2D eigenvalue weighted by atomic mass is 10.1. The van der Waals surface area contributed by atoms with E-state index in [2.05, 4.69) is 0 Å². The Hall–Kier alpha value is -1.78. The van der Waals surface area contributed by atoms with E-state index >= 15 is 0 Å². The summed E-state index contributed by atoms with van der Waals surface area (Å²) >= 11 is 0. The van der Waals surface area contributed by atoms with Crippen LogP contribution >= 0.6 is 0 Å². The first-order valence-corrected chi connectivity index (χ1v) is 5.42. The van der Waals surface area contributed by atoms with Crippen LogP contribution in [0.25, 0.3) is 0 Å². The number of carboxylic acids is 1. The molecule has 17 heavy (non-hydrogen) atoms. The summed E-state index contributed by atoms with van der Waals surface area (Å²) in [5, 5.41) is 8.62. The Morgan fingerprint density at radius 3 is 2.59 bits per heavy atom. The van der Waals surface area contributed by atoms with Gasteiger partial charge >= 0.3 is 5.97 Å². The van der Waals surface area contributed by atoms with E-state index in [1.165, 1.54) is 4.90 Å². The van der Waals surface area contributed by atoms with Crippen molar-refractivity contribution < 1.29 is 19.1 Å². The maximum atomic E-state index is 11.8. The van der Waals surface area contributed by atoms with E-state index in [4.69, 9.17) is 9.52 Å². The van der Waals surface area contributed by atoms with Gasteiger partial charge in [-0.05, 0) is 19.1 Å². The molecular formula is C12H17NO4. The first-order chi connectivity index (χ1) is 7.90. The van der Waals surface area contributed by atoms with Gasteiger partial charge in [-0.25, -0.2) is 0 Å². The summed E-state index contributed by atoms with van der Waals surface area (Å²) in [6.07, 6.45) is -0.152. The Labute approximate surface area is 100 Å². The molecule has 1 aromatic rings. The molecule has 0 aromatic carbocycles. The number of furan rings is 1. The molecular weight excluding hydrogens is 222 g/mol. The molecule has 5 nitrogen and oxygen atoms in total. The number of hydrogen-bond acceptors (Lipinski definition) is 3. The van der Waals surface area contributed by atoms with Crippen molar-refractivity contribution in [2.75, 3.05) is 7.05 Å². The molecule has 0 spiro atoms. The Kier molecular flexibility index (Phi) is 4.31. The summed E-state index contributed by atoms with van der Waals surface area (Å²) in [7, 11) is 1.64. The zero-order valence-electron chi connectivity index (χ0n) is 10.3. The van der Waals surface area contributed by atoms with Gasteiger partial charge in [0, 0.05) is 13.0 Å². The fraction of sp³-hybridized carbons (Fsp3) is 0.500. The van der Waals surface area contributed by atoms with Crippen LogP contribution < -0.4 is 0 Å². The highest BCUT2D eigenvalue weighted by Crippen LogP contribution is 2.12. The van der Waals surface area contributed by atoms with Crippen molar-refractivity contribution in [3.05, 3.63) is 23.7 Å². The van der Waals surface area contributed by atoms with Gasteiger partial charge < -0.3 is 14.4 Å². The molecule has 1 amide bonds. The topological polar surface area (TPSA) is 70.8 Å². The molecule has 0 fully saturated rings. The molecule has 1 heterocycles. The van der Waals surface area contributed by atoms with Gasteiger partial charge in [-0.3, -0.25) is 9.59 Å². The van der Waals surface area contributed by atoms with Crippen molar-refractivity contribution in [2.45, 2.75) is 26.8 Å². The molecule has 0 radical (unpaired) electrons. The highest BCUT2D eigenvalue weighted by Gasteiger charge is 2.20. The average molecular weight is 239 g/mol. The van der Waals surface area contributed by atoms with Crippen LogP contribution in [0.2, 0.25) is 0 Å². The second kappa shape index (κ2) is 5.52. The maximum Gasteiger partial charge on any atom is 0.304 e. The van der Waals surface area contributed by atoms with Crippen LogP contribution in [-0.2, 0) is 16.1 Å². The maximum absolute atomic E-state index is 11.8. The minimum atomic E-state index is -0.965. The Bertz CT molecular complexity index is 410. The SMILES string of the molecule is Cc1ccc(CN(C)C(=O)C(C)CC(=O)O)o1. The molecule has 5 heteroatoms. The van der Waals surface area contributed by atoms with E-state index in [9.17, 15) is 9.59 Å². The summed E-state index contributed by atoms with van der Waals surface area (Å²) in [5.74, 6) is -0.191. The predicted octanol–water partition coefficient (Wildman–Crippen LogP) is 1.66. The number of hydrogen-bond donors (Lipinski definition) is 1. The molecule has 1 unspecified atom stereocenters. The largest absolute Gasteiger partial charge is 0.481 e. The molecule has 1 atom stereocenters. The molecule has 0 saturated carbocycles. The average Bonchev–Trinajstić information content (AvgIpc) is 2.61. The van der Waals surface area contributed by atoms with Gasteiger partial charge in [0.2, 0.25) is 5.91 Å². The summed E-state index contributed by atoms with van der Waals surface area (Å²) in [5.41, 5.74) is 0. The zero-order valence-corrected chi connectivity index (χ0v) is 10.3. The molecule has 0 saturated heterocycles. The van der Waals surface area contributed by atoms with E-state index in [-0.39, 0.29) is 12.3 Å². The Morgan fingerprint density at radius 1 is 1.47 bits per heavy atom. The third-order valence-corrected chi connectivity index (χ3v) is 2.47. The van der Waals surface area contributed by atoms with Crippen LogP contribution in [-0.4, -0.2) is 28.9 Å².